The molecule has 0 aromatic heterocycles. The highest BCUT2D eigenvalue weighted by molar-refractivity contribution is 5.68. The molecule has 0 saturated carbocycles. The molecule has 0 saturated heterocycles. The summed E-state index contributed by atoms with van der Waals surface area (Å²) in [5, 5.41) is 0. The fourth-order valence-electron chi connectivity index (χ4n) is 1.85. The molecular weight excluding hydrogens is 202 g/mol. The molecule has 0 aliphatic heterocycles. The quantitative estimate of drug-likeness (QED) is 0.830. The number of rotatable bonds is 5. The molecule has 0 atom stereocenters. The molecule has 1 aromatic carbocycles. The maximum Gasteiger partial charge on any atom is 0.409 e. The van der Waals surface area contributed by atoms with Crippen LogP contribution in [-0.2, 0) is 12.8 Å². The Balaban J connectivity index is 3.04. The minimum absolute atomic E-state index is 0.611. The first-order valence-electron chi connectivity index (χ1n) is 5.77. The minimum Gasteiger partial charge on any atom is -0.410 e. The van der Waals surface area contributed by atoms with Crippen molar-refractivity contribution >= 4 is 6.09 Å². The molecule has 16 heavy (non-hydrogen) atoms. The van der Waals surface area contributed by atoms with Gasteiger partial charge in [0.25, 0.3) is 0 Å². The highest BCUT2D eigenvalue weighted by atomic mass is 16.5. The van der Waals surface area contributed by atoms with E-state index >= 15 is 0 Å². The molecule has 1 amide bonds. The molecule has 1 aromatic rings. The largest absolute Gasteiger partial charge is 0.410 e. The van der Waals surface area contributed by atoms with Crippen molar-refractivity contribution in [1.29, 1.82) is 0 Å². The zero-order chi connectivity index (χ0) is 12.0. The smallest absolute Gasteiger partial charge is 0.409 e. The van der Waals surface area contributed by atoms with Crippen LogP contribution in [0, 0.1) is 0 Å². The summed E-state index contributed by atoms with van der Waals surface area (Å²) in [6.07, 6.45) is 3.28. The van der Waals surface area contributed by atoms with E-state index in [9.17, 15) is 4.79 Å². The second-order valence-corrected chi connectivity index (χ2v) is 3.81. The first-order chi connectivity index (χ1) is 7.69. The van der Waals surface area contributed by atoms with Crippen molar-refractivity contribution < 1.29 is 9.53 Å². The van der Waals surface area contributed by atoms with Gasteiger partial charge in [0, 0.05) is 0 Å². The number of nitrogens with two attached hydrogens (primary N) is 1. The predicted octanol–water partition coefficient (Wildman–Crippen LogP) is 3.05. The summed E-state index contributed by atoms with van der Waals surface area (Å²) >= 11 is 0. The van der Waals surface area contributed by atoms with Gasteiger partial charge in [-0.3, -0.25) is 0 Å². The summed E-state index contributed by atoms with van der Waals surface area (Å²) in [5.41, 5.74) is 7.42. The molecule has 0 radical (unpaired) electrons. The lowest BCUT2D eigenvalue weighted by molar-refractivity contribution is 0.210. The number of hydrogen-bond donors (Lipinski definition) is 1. The van der Waals surface area contributed by atoms with Crippen molar-refractivity contribution in [3.63, 3.8) is 0 Å². The van der Waals surface area contributed by atoms with Crippen LogP contribution in [0.5, 0.6) is 5.75 Å². The normalized spacial score (nSPS) is 10.1. The van der Waals surface area contributed by atoms with E-state index in [2.05, 4.69) is 19.9 Å². The van der Waals surface area contributed by atoms with Gasteiger partial charge in [-0.2, -0.15) is 0 Å². The summed E-state index contributed by atoms with van der Waals surface area (Å²) in [5.74, 6) is 0.611. The Kier molecular flexibility index (Phi) is 4.83. The van der Waals surface area contributed by atoms with Gasteiger partial charge in [0.05, 0.1) is 0 Å². The Morgan fingerprint density at radius 1 is 1.25 bits per heavy atom. The van der Waals surface area contributed by atoms with Crippen LogP contribution in [-0.4, -0.2) is 6.09 Å². The third kappa shape index (κ3) is 3.26. The van der Waals surface area contributed by atoms with E-state index in [0.29, 0.717) is 5.75 Å². The third-order valence-corrected chi connectivity index (χ3v) is 2.46. The molecule has 0 aliphatic rings. The van der Waals surface area contributed by atoms with Crippen molar-refractivity contribution in [1.82, 2.24) is 0 Å². The number of carbonyl (C=O) groups excluding carboxylic acids is 1. The molecule has 1 rings (SSSR count). The van der Waals surface area contributed by atoms with Crippen LogP contribution in [0.2, 0.25) is 0 Å². The van der Waals surface area contributed by atoms with Crippen LogP contribution < -0.4 is 10.5 Å². The van der Waals surface area contributed by atoms with Gasteiger partial charge in [0.1, 0.15) is 5.75 Å². The van der Waals surface area contributed by atoms with Crippen molar-refractivity contribution in [2.75, 3.05) is 0 Å². The van der Waals surface area contributed by atoms with Gasteiger partial charge in [-0.05, 0) is 30.0 Å². The summed E-state index contributed by atoms with van der Waals surface area (Å²) in [7, 11) is 0. The van der Waals surface area contributed by atoms with Crippen LogP contribution in [0.25, 0.3) is 0 Å². The van der Waals surface area contributed by atoms with Gasteiger partial charge in [-0.1, -0.05) is 38.8 Å². The lowest BCUT2D eigenvalue weighted by Gasteiger charge is -2.12. The molecule has 3 heteroatoms. The maximum atomic E-state index is 10.8. The molecule has 2 N–H and O–H groups in total. The topological polar surface area (TPSA) is 52.3 Å². The van der Waals surface area contributed by atoms with Crippen molar-refractivity contribution in [3.05, 3.63) is 29.3 Å². The zero-order valence-corrected chi connectivity index (χ0v) is 9.95. The summed E-state index contributed by atoms with van der Waals surface area (Å²) in [6, 6.07) is 5.79. The lowest BCUT2D eigenvalue weighted by atomic mass is 9.99. The van der Waals surface area contributed by atoms with Gasteiger partial charge in [0.2, 0.25) is 0 Å². The van der Waals surface area contributed by atoms with E-state index in [1.807, 2.05) is 6.07 Å². The van der Waals surface area contributed by atoms with E-state index < -0.39 is 6.09 Å². The number of amides is 1. The number of ether oxygens (including phenoxy) is 1. The summed E-state index contributed by atoms with van der Waals surface area (Å²) in [6.45, 7) is 4.24. The van der Waals surface area contributed by atoms with Crippen molar-refractivity contribution in [3.8, 4) is 5.75 Å². The summed E-state index contributed by atoms with van der Waals surface area (Å²) < 4.78 is 5.02. The Labute approximate surface area is 96.6 Å². The molecule has 0 spiro atoms. The molecule has 0 fully saturated rings. The monoisotopic (exact) mass is 221 g/mol. The average Bonchev–Trinajstić information content (AvgIpc) is 2.22. The second-order valence-electron chi connectivity index (χ2n) is 3.81. The van der Waals surface area contributed by atoms with Crippen LogP contribution in [0.4, 0.5) is 4.79 Å². The standard InChI is InChI=1S/C13H19NO2/c1-3-6-10-8-5-9-12(16-13(14)15)11(10)7-4-2/h5,8-9H,3-4,6-7H2,1-2H3,(H2,14,15). The highest BCUT2D eigenvalue weighted by Crippen LogP contribution is 2.25. The number of primary amides is 1. The highest BCUT2D eigenvalue weighted by Gasteiger charge is 2.10. The Morgan fingerprint density at radius 3 is 2.50 bits per heavy atom. The number of benzene rings is 1. The fraction of sp³-hybridized carbons (Fsp3) is 0.462. The molecule has 0 aliphatic carbocycles. The van der Waals surface area contributed by atoms with Gasteiger partial charge in [-0.25, -0.2) is 4.79 Å². The van der Waals surface area contributed by atoms with Crippen LogP contribution in [0.3, 0.4) is 0 Å². The SMILES string of the molecule is CCCc1cccc(OC(N)=O)c1CCC. The summed E-state index contributed by atoms with van der Waals surface area (Å²) in [4.78, 5) is 10.8. The van der Waals surface area contributed by atoms with Crippen LogP contribution >= 0.6 is 0 Å². The van der Waals surface area contributed by atoms with E-state index in [1.54, 1.807) is 6.07 Å². The van der Waals surface area contributed by atoms with E-state index in [4.69, 9.17) is 10.5 Å². The van der Waals surface area contributed by atoms with E-state index in [0.717, 1.165) is 31.2 Å². The number of aryl methyl sites for hydroxylation is 1. The number of hydrogen-bond acceptors (Lipinski definition) is 2. The molecular formula is C13H19NO2. The van der Waals surface area contributed by atoms with Crippen LogP contribution in [0.15, 0.2) is 18.2 Å². The Bertz CT molecular complexity index is 361. The van der Waals surface area contributed by atoms with Gasteiger partial charge in [0.15, 0.2) is 0 Å². The third-order valence-electron chi connectivity index (χ3n) is 2.46. The Morgan fingerprint density at radius 2 is 1.94 bits per heavy atom. The molecule has 0 heterocycles. The second kappa shape index (κ2) is 6.16. The van der Waals surface area contributed by atoms with E-state index in [-0.39, 0.29) is 0 Å². The molecule has 3 nitrogen and oxygen atoms in total. The minimum atomic E-state index is -0.744. The zero-order valence-electron chi connectivity index (χ0n) is 9.95. The molecule has 0 unspecified atom stereocenters. The molecule has 88 valence electrons. The average molecular weight is 221 g/mol. The predicted molar refractivity (Wildman–Crippen MR) is 64.6 cm³/mol. The fourth-order valence-corrected chi connectivity index (χ4v) is 1.85. The van der Waals surface area contributed by atoms with Gasteiger partial charge < -0.3 is 10.5 Å². The molecule has 0 bridgehead atoms. The van der Waals surface area contributed by atoms with Gasteiger partial charge >= 0.3 is 6.09 Å². The van der Waals surface area contributed by atoms with Crippen molar-refractivity contribution in [2.24, 2.45) is 5.73 Å². The van der Waals surface area contributed by atoms with Crippen molar-refractivity contribution in [2.45, 2.75) is 39.5 Å². The Hall–Kier alpha value is -1.51. The van der Waals surface area contributed by atoms with Crippen LogP contribution in [0.1, 0.15) is 37.8 Å². The van der Waals surface area contributed by atoms with Gasteiger partial charge in [-0.15, -0.1) is 0 Å². The first kappa shape index (κ1) is 12.6. The first-order valence-corrected chi connectivity index (χ1v) is 5.77. The number of carbonyl (C=O) groups is 1. The maximum absolute atomic E-state index is 10.8. The van der Waals surface area contributed by atoms with E-state index in [1.165, 1.54) is 5.56 Å². The lowest BCUT2D eigenvalue weighted by Crippen LogP contribution is -2.17.